The summed E-state index contributed by atoms with van der Waals surface area (Å²) in [6, 6.07) is 13.5. The highest BCUT2D eigenvalue weighted by molar-refractivity contribution is 5.81. The maximum Gasteiger partial charge on any atom is 0.333 e. The van der Waals surface area contributed by atoms with Crippen molar-refractivity contribution in [3.63, 3.8) is 0 Å². The monoisotopic (exact) mass is 368 g/mol. The Morgan fingerprint density at radius 1 is 1.19 bits per heavy atom. The summed E-state index contributed by atoms with van der Waals surface area (Å²) in [6.07, 6.45) is 2.12. The van der Waals surface area contributed by atoms with Gasteiger partial charge in [0.15, 0.2) is 6.04 Å². The highest BCUT2D eigenvalue weighted by Crippen LogP contribution is 2.31. The smallest absolute Gasteiger partial charge is 0.333 e. The molecule has 5 heteroatoms. The molecule has 5 rings (SSSR count). The van der Waals surface area contributed by atoms with Crippen LogP contribution in [0.2, 0.25) is 0 Å². The van der Waals surface area contributed by atoms with Crippen LogP contribution in [-0.2, 0) is 9.53 Å². The van der Waals surface area contributed by atoms with Crippen LogP contribution in [-0.4, -0.2) is 36.6 Å². The van der Waals surface area contributed by atoms with Crippen LogP contribution in [0.25, 0.3) is 0 Å². The summed E-state index contributed by atoms with van der Waals surface area (Å²) in [5.41, 5.74) is 2.19. The molecule has 27 heavy (non-hydrogen) atoms. The van der Waals surface area contributed by atoms with E-state index in [1.165, 1.54) is 12.1 Å². The van der Waals surface area contributed by atoms with Crippen LogP contribution in [0.15, 0.2) is 48.5 Å². The van der Waals surface area contributed by atoms with Gasteiger partial charge in [0, 0.05) is 12.2 Å². The Kier molecular flexibility index (Phi) is 5.12. The van der Waals surface area contributed by atoms with E-state index in [0.29, 0.717) is 11.6 Å². The van der Waals surface area contributed by atoms with E-state index in [1.807, 2.05) is 43.3 Å². The van der Waals surface area contributed by atoms with Crippen molar-refractivity contribution in [1.29, 1.82) is 0 Å². The van der Waals surface area contributed by atoms with Crippen LogP contribution in [0, 0.1) is 18.7 Å². The molecule has 3 saturated heterocycles. The lowest BCUT2D eigenvalue weighted by molar-refractivity contribution is -0.159. The number of hydrogen-bond donors (Lipinski definition) is 1. The molecule has 0 amide bonds. The number of piperidine rings is 3. The lowest BCUT2D eigenvalue weighted by Crippen LogP contribution is -2.52. The third-order valence-electron chi connectivity index (χ3n) is 5.59. The van der Waals surface area contributed by atoms with E-state index in [0.717, 1.165) is 43.6 Å². The summed E-state index contributed by atoms with van der Waals surface area (Å²) in [6.45, 7) is 4.84. The largest absolute Gasteiger partial charge is 0.459 e. The number of carbonyl (C=O) groups is 1. The third kappa shape index (κ3) is 4.14. The molecular formula is C22H25FN2O2. The van der Waals surface area contributed by atoms with Gasteiger partial charge in [0.1, 0.15) is 11.9 Å². The van der Waals surface area contributed by atoms with Gasteiger partial charge in [-0.15, -0.1) is 0 Å². The Morgan fingerprint density at radius 2 is 1.93 bits per heavy atom. The van der Waals surface area contributed by atoms with Crippen molar-refractivity contribution < 1.29 is 13.9 Å². The number of ether oxygens (including phenoxy) is 1. The molecule has 0 aliphatic carbocycles. The van der Waals surface area contributed by atoms with Gasteiger partial charge in [0.2, 0.25) is 0 Å². The first-order valence-corrected chi connectivity index (χ1v) is 9.60. The zero-order chi connectivity index (χ0) is 18.8. The number of fused-ring (bicyclic) bond motifs is 3. The first-order valence-electron chi connectivity index (χ1n) is 9.60. The van der Waals surface area contributed by atoms with Crippen molar-refractivity contribution in [2.75, 3.05) is 25.0 Å². The summed E-state index contributed by atoms with van der Waals surface area (Å²) in [7, 11) is 0. The quantitative estimate of drug-likeness (QED) is 0.812. The van der Waals surface area contributed by atoms with Crippen molar-refractivity contribution >= 4 is 11.7 Å². The van der Waals surface area contributed by atoms with Crippen LogP contribution in [0.4, 0.5) is 10.1 Å². The second-order valence-electron chi connectivity index (χ2n) is 7.62. The lowest BCUT2D eigenvalue weighted by Gasteiger charge is -2.44. The minimum Gasteiger partial charge on any atom is -0.459 e. The molecule has 0 spiro atoms. The molecule has 2 atom stereocenters. The van der Waals surface area contributed by atoms with E-state index in [2.05, 4.69) is 10.2 Å². The first-order chi connectivity index (χ1) is 13.1. The summed E-state index contributed by atoms with van der Waals surface area (Å²) in [5.74, 6) is -0.177. The van der Waals surface area contributed by atoms with Crippen molar-refractivity contribution in [3.8, 4) is 0 Å². The van der Waals surface area contributed by atoms with Gasteiger partial charge in [-0.1, -0.05) is 30.3 Å². The van der Waals surface area contributed by atoms with Crippen molar-refractivity contribution in [2.45, 2.75) is 31.9 Å². The molecule has 3 heterocycles. The van der Waals surface area contributed by atoms with E-state index in [4.69, 9.17) is 4.74 Å². The maximum atomic E-state index is 13.8. The molecule has 3 aliphatic heterocycles. The predicted molar refractivity (Wildman–Crippen MR) is 103 cm³/mol. The molecule has 1 N–H and O–H groups in total. The molecule has 0 radical (unpaired) electrons. The third-order valence-corrected chi connectivity index (χ3v) is 5.59. The van der Waals surface area contributed by atoms with Gasteiger partial charge in [-0.05, 0) is 68.1 Å². The molecule has 1 unspecified atom stereocenters. The first kappa shape index (κ1) is 18.0. The number of hydrogen-bond acceptors (Lipinski definition) is 4. The standard InChI is InChI=1S/C22H25FN2O2/c1-15-11-18(23)13-19(12-15)24-21(17-5-3-2-4-6-17)22(26)27-20-14-25-9-7-16(20)8-10-25/h2-6,11-13,16,20-21,24H,7-10,14H2,1H3/t20-,21?/m0/s1. The normalized spacial score (nSPS) is 25.0. The predicted octanol–water partition coefficient (Wildman–Crippen LogP) is 3.92. The molecule has 2 aromatic carbocycles. The second kappa shape index (κ2) is 7.69. The lowest BCUT2D eigenvalue weighted by atomic mass is 9.86. The van der Waals surface area contributed by atoms with Gasteiger partial charge < -0.3 is 10.1 Å². The van der Waals surface area contributed by atoms with E-state index >= 15 is 0 Å². The Morgan fingerprint density at radius 3 is 2.56 bits per heavy atom. The summed E-state index contributed by atoms with van der Waals surface area (Å²) < 4.78 is 19.7. The van der Waals surface area contributed by atoms with Gasteiger partial charge in [-0.2, -0.15) is 0 Å². The Bertz CT molecular complexity index is 783. The topological polar surface area (TPSA) is 41.6 Å². The molecule has 2 bridgehead atoms. The number of aryl methyl sites for hydroxylation is 1. The van der Waals surface area contributed by atoms with E-state index in [1.54, 1.807) is 0 Å². The van der Waals surface area contributed by atoms with E-state index in [-0.39, 0.29) is 17.9 Å². The number of nitrogens with zero attached hydrogens (tertiary/aromatic N) is 1. The van der Waals surface area contributed by atoms with Gasteiger partial charge in [-0.25, -0.2) is 9.18 Å². The fourth-order valence-electron chi connectivity index (χ4n) is 4.17. The highest BCUT2D eigenvalue weighted by Gasteiger charge is 2.37. The van der Waals surface area contributed by atoms with E-state index < -0.39 is 6.04 Å². The summed E-state index contributed by atoms with van der Waals surface area (Å²) >= 11 is 0. The Hall–Kier alpha value is -2.40. The Labute approximate surface area is 159 Å². The molecule has 4 nitrogen and oxygen atoms in total. The SMILES string of the molecule is Cc1cc(F)cc(NC(C(=O)O[C@H]2CN3CCC2CC3)c2ccccc2)c1. The van der Waals surface area contributed by atoms with Gasteiger partial charge in [0.25, 0.3) is 0 Å². The number of nitrogens with one attached hydrogen (secondary N) is 1. The van der Waals surface area contributed by atoms with Crippen molar-refractivity contribution in [2.24, 2.45) is 5.92 Å². The number of benzene rings is 2. The minimum absolute atomic E-state index is 0.0535. The second-order valence-corrected chi connectivity index (χ2v) is 7.62. The van der Waals surface area contributed by atoms with E-state index in [9.17, 15) is 9.18 Å². The zero-order valence-electron chi connectivity index (χ0n) is 15.5. The van der Waals surface area contributed by atoms with Crippen LogP contribution in [0.3, 0.4) is 0 Å². The number of halogens is 1. The maximum absolute atomic E-state index is 13.8. The van der Waals surface area contributed by atoms with Crippen LogP contribution < -0.4 is 5.32 Å². The van der Waals surface area contributed by atoms with Crippen LogP contribution >= 0.6 is 0 Å². The zero-order valence-corrected chi connectivity index (χ0v) is 15.5. The molecule has 3 fully saturated rings. The summed E-state index contributed by atoms with van der Waals surface area (Å²) in [4.78, 5) is 15.4. The average molecular weight is 368 g/mol. The molecule has 3 aliphatic rings. The van der Waals surface area contributed by atoms with Crippen molar-refractivity contribution in [1.82, 2.24) is 4.90 Å². The number of carbonyl (C=O) groups excluding carboxylic acids is 1. The molecule has 0 aromatic heterocycles. The van der Waals surface area contributed by atoms with Crippen LogP contribution in [0.5, 0.6) is 0 Å². The molecule has 142 valence electrons. The number of anilines is 1. The number of esters is 1. The van der Waals surface area contributed by atoms with Gasteiger partial charge in [-0.3, -0.25) is 4.90 Å². The number of rotatable bonds is 5. The summed E-state index contributed by atoms with van der Waals surface area (Å²) in [5, 5.41) is 3.18. The van der Waals surface area contributed by atoms with Crippen molar-refractivity contribution in [3.05, 3.63) is 65.5 Å². The Balaban J connectivity index is 1.55. The molecular weight excluding hydrogens is 343 g/mol. The van der Waals surface area contributed by atoms with Gasteiger partial charge in [0.05, 0.1) is 0 Å². The molecule has 0 saturated carbocycles. The van der Waals surface area contributed by atoms with Gasteiger partial charge >= 0.3 is 5.97 Å². The molecule has 2 aromatic rings. The fraction of sp³-hybridized carbons (Fsp3) is 0.409. The average Bonchev–Trinajstić information content (AvgIpc) is 2.67. The minimum atomic E-state index is -0.664. The fourth-order valence-corrected chi connectivity index (χ4v) is 4.17. The highest BCUT2D eigenvalue weighted by atomic mass is 19.1. The van der Waals surface area contributed by atoms with Crippen LogP contribution in [0.1, 0.15) is 30.0 Å².